The summed E-state index contributed by atoms with van der Waals surface area (Å²) in [5.41, 5.74) is 7.94. The number of imidazole rings is 1. The standard InChI is InChI=1S/C27H32N3/c1-17(2)21-11-10-12-22(18(3)4)26(21)30-25-14-9-8-13-24(25)29(7)27(30)23-16-28-20(6)15-19(23)5/h8-18H,1-7H3/q+1/i6D3. The molecule has 30 heavy (non-hydrogen) atoms. The molecular formula is C27H32N3+. The number of hydrogen-bond acceptors (Lipinski definition) is 1. The maximum absolute atomic E-state index is 7.76. The van der Waals surface area contributed by atoms with E-state index in [2.05, 4.69) is 91.3 Å². The maximum Gasteiger partial charge on any atom is 0.296 e. The normalized spacial score (nSPS) is 13.7. The van der Waals surface area contributed by atoms with Gasteiger partial charge in [-0.1, -0.05) is 58.0 Å². The van der Waals surface area contributed by atoms with Gasteiger partial charge in [0.1, 0.15) is 5.69 Å². The number of nitrogens with zero attached hydrogens (tertiary/aromatic N) is 3. The van der Waals surface area contributed by atoms with Gasteiger partial charge in [-0.2, -0.15) is 4.57 Å². The van der Waals surface area contributed by atoms with Gasteiger partial charge in [0.2, 0.25) is 0 Å². The number of fused-ring (bicyclic) bond motifs is 1. The van der Waals surface area contributed by atoms with Crippen LogP contribution in [0.3, 0.4) is 0 Å². The number of rotatable bonds is 4. The Hall–Kier alpha value is -2.94. The van der Waals surface area contributed by atoms with Gasteiger partial charge in [0, 0.05) is 27.1 Å². The first kappa shape index (κ1) is 16.8. The molecule has 0 fully saturated rings. The number of benzene rings is 2. The third kappa shape index (κ3) is 3.23. The van der Waals surface area contributed by atoms with E-state index in [9.17, 15) is 0 Å². The van der Waals surface area contributed by atoms with Crippen LogP contribution in [0.5, 0.6) is 0 Å². The fourth-order valence-corrected chi connectivity index (χ4v) is 4.40. The minimum Gasteiger partial charge on any atom is -0.261 e. The summed E-state index contributed by atoms with van der Waals surface area (Å²) in [6.45, 7) is 8.65. The van der Waals surface area contributed by atoms with Crippen molar-refractivity contribution in [2.24, 2.45) is 7.05 Å². The smallest absolute Gasteiger partial charge is 0.261 e. The fourth-order valence-electron chi connectivity index (χ4n) is 4.40. The molecule has 0 spiro atoms. The van der Waals surface area contributed by atoms with E-state index in [-0.39, 0.29) is 5.69 Å². The van der Waals surface area contributed by atoms with Crippen molar-refractivity contribution < 1.29 is 8.68 Å². The predicted octanol–water partition coefficient (Wildman–Crippen LogP) is 6.38. The summed E-state index contributed by atoms with van der Waals surface area (Å²) in [6, 6.07) is 16.7. The molecule has 2 aromatic heterocycles. The van der Waals surface area contributed by atoms with Gasteiger partial charge in [-0.25, -0.2) is 4.57 Å². The second-order valence-electron chi connectivity index (χ2n) is 8.69. The highest BCUT2D eigenvalue weighted by Gasteiger charge is 2.31. The van der Waals surface area contributed by atoms with Crippen LogP contribution >= 0.6 is 0 Å². The van der Waals surface area contributed by atoms with Gasteiger partial charge in [0.05, 0.1) is 12.6 Å². The molecule has 0 amide bonds. The molecule has 3 nitrogen and oxygen atoms in total. The van der Waals surface area contributed by atoms with Crippen molar-refractivity contribution >= 4 is 11.0 Å². The van der Waals surface area contributed by atoms with E-state index in [1.807, 2.05) is 6.92 Å². The molecule has 0 aliphatic carbocycles. The molecule has 0 radical (unpaired) electrons. The number of hydrogen-bond donors (Lipinski definition) is 0. The van der Waals surface area contributed by atoms with Crippen molar-refractivity contribution in [2.45, 2.75) is 53.3 Å². The van der Waals surface area contributed by atoms with Crippen LogP contribution in [0, 0.1) is 13.8 Å². The van der Waals surface area contributed by atoms with Crippen LogP contribution in [0.2, 0.25) is 0 Å². The summed E-state index contributed by atoms with van der Waals surface area (Å²) in [5.74, 6) is 1.68. The lowest BCUT2D eigenvalue weighted by atomic mass is 9.92. The van der Waals surface area contributed by atoms with Crippen molar-refractivity contribution in [3.63, 3.8) is 0 Å². The summed E-state index contributed by atoms with van der Waals surface area (Å²) in [6.07, 6.45) is 1.72. The molecule has 0 unspecified atom stereocenters. The van der Waals surface area contributed by atoms with E-state index < -0.39 is 6.85 Å². The van der Waals surface area contributed by atoms with E-state index in [0.717, 1.165) is 28.0 Å². The van der Waals surface area contributed by atoms with E-state index in [1.165, 1.54) is 16.8 Å². The van der Waals surface area contributed by atoms with Gasteiger partial charge >= 0.3 is 0 Å². The Kier molecular flexibility index (Phi) is 4.32. The third-order valence-electron chi connectivity index (χ3n) is 5.93. The zero-order valence-electron chi connectivity index (χ0n) is 21.7. The Balaban J connectivity index is 2.15. The summed E-state index contributed by atoms with van der Waals surface area (Å²) in [4.78, 5) is 4.36. The first-order chi connectivity index (χ1) is 15.5. The molecule has 3 heteroatoms. The Bertz CT molecular complexity index is 1300. The molecule has 0 saturated carbocycles. The largest absolute Gasteiger partial charge is 0.296 e. The van der Waals surface area contributed by atoms with Gasteiger partial charge in [-0.15, -0.1) is 0 Å². The van der Waals surface area contributed by atoms with Crippen molar-refractivity contribution in [1.82, 2.24) is 9.55 Å². The summed E-state index contributed by atoms with van der Waals surface area (Å²) >= 11 is 0. The number of pyridine rings is 1. The van der Waals surface area contributed by atoms with E-state index in [0.29, 0.717) is 11.8 Å². The number of aryl methyl sites for hydroxylation is 3. The molecule has 0 aliphatic heterocycles. The van der Waals surface area contributed by atoms with Gasteiger partial charge in [0.25, 0.3) is 5.82 Å². The Labute approximate surface area is 184 Å². The third-order valence-corrected chi connectivity index (χ3v) is 5.93. The van der Waals surface area contributed by atoms with Crippen LogP contribution in [0.4, 0.5) is 0 Å². The van der Waals surface area contributed by atoms with E-state index in [4.69, 9.17) is 4.11 Å². The first-order valence-electron chi connectivity index (χ1n) is 12.1. The van der Waals surface area contributed by atoms with Gasteiger partial charge < -0.3 is 0 Å². The SMILES string of the molecule is [2H]C([2H])([2H])c1cc(C)c(-c2n(-c3c(C(C)C)cccc3C(C)C)c3ccccc3[n+]2C)cn1. The second kappa shape index (κ2) is 7.71. The topological polar surface area (TPSA) is 21.7 Å². The maximum atomic E-state index is 7.76. The number of para-hydroxylation sites is 3. The first-order valence-corrected chi connectivity index (χ1v) is 10.6. The molecule has 0 N–H and O–H groups in total. The summed E-state index contributed by atoms with van der Waals surface area (Å²) in [7, 11) is 2.07. The molecule has 0 atom stereocenters. The molecule has 2 aromatic carbocycles. The lowest BCUT2D eigenvalue weighted by molar-refractivity contribution is -0.633. The summed E-state index contributed by atoms with van der Waals surface area (Å²) < 4.78 is 27.8. The van der Waals surface area contributed by atoms with E-state index >= 15 is 0 Å². The molecular weight excluding hydrogens is 366 g/mol. The average molecular weight is 402 g/mol. The second-order valence-corrected chi connectivity index (χ2v) is 8.69. The molecule has 4 rings (SSSR count). The molecule has 0 saturated heterocycles. The van der Waals surface area contributed by atoms with E-state index in [1.54, 1.807) is 12.3 Å². The van der Waals surface area contributed by atoms with Crippen molar-refractivity contribution in [3.8, 4) is 17.1 Å². The fraction of sp³-hybridized carbons (Fsp3) is 0.333. The number of aromatic nitrogens is 3. The van der Waals surface area contributed by atoms with Gasteiger partial charge in [-0.05, 0) is 49.4 Å². The summed E-state index contributed by atoms with van der Waals surface area (Å²) in [5, 5.41) is 0. The molecule has 154 valence electrons. The average Bonchev–Trinajstić information content (AvgIpc) is 3.04. The molecule has 4 aromatic rings. The zero-order chi connectivity index (χ0) is 24.1. The highest BCUT2D eigenvalue weighted by molar-refractivity contribution is 5.80. The highest BCUT2D eigenvalue weighted by Crippen LogP contribution is 2.36. The quantitative estimate of drug-likeness (QED) is 0.364. The monoisotopic (exact) mass is 401 g/mol. The van der Waals surface area contributed by atoms with Crippen LogP contribution in [-0.4, -0.2) is 9.55 Å². The minimum atomic E-state index is -2.23. The van der Waals surface area contributed by atoms with Crippen LogP contribution in [0.25, 0.3) is 28.1 Å². The highest BCUT2D eigenvalue weighted by atomic mass is 15.2. The molecule has 0 aliphatic rings. The van der Waals surface area contributed by atoms with Crippen LogP contribution in [0.1, 0.15) is 66.0 Å². The Morgan fingerprint density at radius 2 is 1.63 bits per heavy atom. The van der Waals surface area contributed by atoms with Gasteiger partial charge in [0.15, 0.2) is 11.0 Å². The van der Waals surface area contributed by atoms with Crippen LogP contribution in [0.15, 0.2) is 54.7 Å². The van der Waals surface area contributed by atoms with Crippen molar-refractivity contribution in [3.05, 3.63) is 77.1 Å². The predicted molar refractivity (Wildman–Crippen MR) is 125 cm³/mol. The molecule has 0 bridgehead atoms. The van der Waals surface area contributed by atoms with Crippen LogP contribution < -0.4 is 4.57 Å². The Morgan fingerprint density at radius 1 is 0.967 bits per heavy atom. The minimum absolute atomic E-state index is 0.125. The lowest BCUT2D eigenvalue weighted by Gasteiger charge is -2.18. The van der Waals surface area contributed by atoms with Gasteiger partial charge in [-0.3, -0.25) is 4.98 Å². The van der Waals surface area contributed by atoms with Crippen LogP contribution in [-0.2, 0) is 7.05 Å². The lowest BCUT2D eigenvalue weighted by Crippen LogP contribution is -2.30. The zero-order valence-corrected chi connectivity index (χ0v) is 18.7. The van der Waals surface area contributed by atoms with Crippen molar-refractivity contribution in [2.75, 3.05) is 0 Å². The van der Waals surface area contributed by atoms with Crippen molar-refractivity contribution in [1.29, 1.82) is 0 Å². The molecule has 2 heterocycles. The Morgan fingerprint density at radius 3 is 2.23 bits per heavy atom.